The number of nitrogens with zero attached hydrogens (tertiary/aromatic N) is 3. The molecule has 2 heterocycles. The minimum Gasteiger partial charge on any atom is -0.496 e. The third-order valence-electron chi connectivity index (χ3n) is 4.59. The molecular weight excluding hydrogens is 312 g/mol. The smallest absolute Gasteiger partial charge is 0.240 e. The number of hydrogen-bond donors (Lipinski definition) is 1. The summed E-state index contributed by atoms with van der Waals surface area (Å²) in [6, 6.07) is 10.0. The van der Waals surface area contributed by atoms with Gasteiger partial charge in [0.05, 0.1) is 12.8 Å². The molecule has 5 heteroatoms. The van der Waals surface area contributed by atoms with Gasteiger partial charge in [-0.1, -0.05) is 19.9 Å². The molecule has 0 atom stereocenters. The van der Waals surface area contributed by atoms with E-state index in [2.05, 4.69) is 36.1 Å². The van der Waals surface area contributed by atoms with Crippen LogP contribution in [0.3, 0.4) is 0 Å². The molecule has 4 rings (SSSR count). The number of benzene rings is 1. The van der Waals surface area contributed by atoms with E-state index in [9.17, 15) is 0 Å². The summed E-state index contributed by atoms with van der Waals surface area (Å²) in [6.07, 6.45) is 2.90. The Morgan fingerprint density at radius 1 is 1.12 bits per heavy atom. The number of aromatic nitrogens is 3. The number of fused-ring (bicyclic) bond motifs is 1. The molecule has 0 bridgehead atoms. The van der Waals surface area contributed by atoms with Gasteiger partial charge in [-0.25, -0.2) is 4.52 Å². The van der Waals surface area contributed by atoms with Gasteiger partial charge in [0.2, 0.25) is 5.95 Å². The molecule has 25 heavy (non-hydrogen) atoms. The Morgan fingerprint density at radius 3 is 2.24 bits per heavy atom. The zero-order chi connectivity index (χ0) is 18.2. The zero-order valence-corrected chi connectivity index (χ0v) is 15.6. The Kier molecular flexibility index (Phi) is 4.41. The molecule has 132 valence electrons. The number of rotatable bonds is 2. The van der Waals surface area contributed by atoms with Gasteiger partial charge in [-0.05, 0) is 67.5 Å². The first-order valence-corrected chi connectivity index (χ1v) is 8.57. The van der Waals surface area contributed by atoms with E-state index in [0.29, 0.717) is 0 Å². The van der Waals surface area contributed by atoms with Gasteiger partial charge >= 0.3 is 0 Å². The molecule has 0 saturated heterocycles. The Labute approximate surface area is 148 Å². The van der Waals surface area contributed by atoms with Gasteiger partial charge in [-0.2, -0.15) is 4.98 Å². The molecule has 2 aromatic heterocycles. The van der Waals surface area contributed by atoms with Crippen LogP contribution < -0.4 is 10.5 Å². The number of hydrogen-bond acceptors (Lipinski definition) is 4. The highest BCUT2D eigenvalue weighted by Gasteiger charge is 2.30. The zero-order valence-electron chi connectivity index (χ0n) is 15.6. The molecule has 2 N–H and O–H groups in total. The predicted octanol–water partition coefficient (Wildman–Crippen LogP) is 4.41. The van der Waals surface area contributed by atoms with Gasteiger partial charge in [0, 0.05) is 5.56 Å². The summed E-state index contributed by atoms with van der Waals surface area (Å²) in [5.41, 5.74) is 11.4. The van der Waals surface area contributed by atoms with Crippen molar-refractivity contribution in [2.75, 3.05) is 12.8 Å². The van der Waals surface area contributed by atoms with Crippen LogP contribution in [0.5, 0.6) is 5.75 Å². The lowest BCUT2D eigenvalue weighted by Crippen LogP contribution is -1.97. The van der Waals surface area contributed by atoms with E-state index in [1.54, 1.807) is 11.6 Å². The molecule has 0 aliphatic heterocycles. The largest absolute Gasteiger partial charge is 0.496 e. The maximum atomic E-state index is 5.68. The van der Waals surface area contributed by atoms with Gasteiger partial charge in [0.1, 0.15) is 5.75 Å². The van der Waals surface area contributed by atoms with Crippen LogP contribution in [0.2, 0.25) is 0 Å². The van der Waals surface area contributed by atoms with Gasteiger partial charge < -0.3 is 10.5 Å². The molecule has 1 aliphatic carbocycles. The molecule has 0 amide bonds. The van der Waals surface area contributed by atoms with Crippen molar-refractivity contribution >= 4 is 11.6 Å². The highest BCUT2D eigenvalue weighted by molar-refractivity contribution is 5.67. The summed E-state index contributed by atoms with van der Waals surface area (Å²) >= 11 is 0. The van der Waals surface area contributed by atoms with E-state index in [-0.39, 0.29) is 5.95 Å². The summed E-state index contributed by atoms with van der Waals surface area (Å²) in [6.45, 7) is 8.66. The Hall–Kier alpha value is -2.56. The van der Waals surface area contributed by atoms with Crippen LogP contribution in [-0.2, 0) is 0 Å². The van der Waals surface area contributed by atoms with Crippen LogP contribution in [0.25, 0.3) is 16.9 Å². The minimum absolute atomic E-state index is 0.277. The predicted molar refractivity (Wildman–Crippen MR) is 102 cm³/mol. The fraction of sp³-hybridized carbons (Fsp3) is 0.400. The molecule has 0 radical (unpaired) electrons. The van der Waals surface area contributed by atoms with Crippen molar-refractivity contribution in [2.24, 2.45) is 5.41 Å². The highest BCUT2D eigenvalue weighted by Crippen LogP contribution is 2.43. The van der Waals surface area contributed by atoms with Crippen molar-refractivity contribution < 1.29 is 4.74 Å². The second-order valence-corrected chi connectivity index (χ2v) is 7.46. The van der Waals surface area contributed by atoms with Crippen molar-refractivity contribution in [3.63, 3.8) is 0 Å². The van der Waals surface area contributed by atoms with Crippen molar-refractivity contribution in [1.29, 1.82) is 0 Å². The third kappa shape index (κ3) is 3.76. The SMILES string of the molecule is CC1(C)CC1.COc1c(C)cc(-c2cccc3nc(N)nn23)cc1C. The lowest BCUT2D eigenvalue weighted by molar-refractivity contribution is 0.408. The molecule has 3 aromatic rings. The Bertz CT molecular complexity index is 882. The molecule has 0 unspecified atom stereocenters. The lowest BCUT2D eigenvalue weighted by atomic mass is 10.0. The Morgan fingerprint density at radius 2 is 1.72 bits per heavy atom. The first kappa shape index (κ1) is 17.3. The monoisotopic (exact) mass is 338 g/mol. The summed E-state index contributed by atoms with van der Waals surface area (Å²) in [7, 11) is 1.69. The molecular formula is C20H26N4O. The van der Waals surface area contributed by atoms with E-state index in [0.717, 1.165) is 39.2 Å². The minimum atomic E-state index is 0.277. The normalized spacial score (nSPS) is 14.8. The van der Waals surface area contributed by atoms with Gasteiger partial charge in [0.25, 0.3) is 0 Å². The lowest BCUT2D eigenvalue weighted by Gasteiger charge is -2.12. The standard InChI is InChI=1S/C15H16N4O.C5H10/c1-9-7-11(8-10(2)14(9)20-3)12-5-4-6-13-17-15(16)18-19(12)13;1-5(2)3-4-5/h4-8H,1-3H3,(H2,16,18);3-4H2,1-2H3. The molecule has 1 fully saturated rings. The fourth-order valence-electron chi connectivity index (χ4n) is 2.81. The van der Waals surface area contributed by atoms with E-state index in [4.69, 9.17) is 10.5 Å². The van der Waals surface area contributed by atoms with Gasteiger partial charge in [-0.15, -0.1) is 5.10 Å². The van der Waals surface area contributed by atoms with Crippen LogP contribution in [0.15, 0.2) is 30.3 Å². The number of pyridine rings is 1. The number of aryl methyl sites for hydroxylation is 2. The summed E-state index contributed by atoms with van der Waals surface area (Å²) in [5.74, 6) is 1.19. The second kappa shape index (κ2) is 6.39. The summed E-state index contributed by atoms with van der Waals surface area (Å²) in [4.78, 5) is 4.18. The van der Waals surface area contributed by atoms with Crippen molar-refractivity contribution in [3.05, 3.63) is 41.5 Å². The number of methoxy groups -OCH3 is 1. The van der Waals surface area contributed by atoms with E-state index in [1.807, 2.05) is 32.0 Å². The number of nitrogens with two attached hydrogens (primary N) is 1. The summed E-state index contributed by atoms with van der Waals surface area (Å²) in [5, 5.41) is 4.24. The third-order valence-corrected chi connectivity index (χ3v) is 4.59. The van der Waals surface area contributed by atoms with Crippen molar-refractivity contribution in [3.8, 4) is 17.0 Å². The number of nitrogen functional groups attached to an aromatic ring is 1. The van der Waals surface area contributed by atoms with Crippen LogP contribution in [0.1, 0.15) is 37.8 Å². The summed E-state index contributed by atoms with van der Waals surface area (Å²) < 4.78 is 7.16. The second-order valence-electron chi connectivity index (χ2n) is 7.46. The molecule has 0 spiro atoms. The van der Waals surface area contributed by atoms with Gasteiger partial charge in [0.15, 0.2) is 5.65 Å². The van der Waals surface area contributed by atoms with Crippen LogP contribution in [0.4, 0.5) is 5.95 Å². The van der Waals surface area contributed by atoms with Crippen molar-refractivity contribution in [2.45, 2.75) is 40.5 Å². The molecule has 5 nitrogen and oxygen atoms in total. The van der Waals surface area contributed by atoms with E-state index in [1.165, 1.54) is 12.8 Å². The molecule has 1 aliphatic rings. The van der Waals surface area contributed by atoms with Crippen LogP contribution >= 0.6 is 0 Å². The first-order chi connectivity index (χ1) is 11.8. The molecule has 1 saturated carbocycles. The van der Waals surface area contributed by atoms with E-state index < -0.39 is 0 Å². The highest BCUT2D eigenvalue weighted by atomic mass is 16.5. The number of ether oxygens (including phenoxy) is 1. The topological polar surface area (TPSA) is 65.4 Å². The average molecular weight is 338 g/mol. The van der Waals surface area contributed by atoms with Crippen LogP contribution in [-0.4, -0.2) is 21.7 Å². The first-order valence-electron chi connectivity index (χ1n) is 8.57. The fourth-order valence-corrected chi connectivity index (χ4v) is 2.81. The maximum Gasteiger partial charge on any atom is 0.240 e. The average Bonchev–Trinajstić information content (AvgIpc) is 3.09. The number of anilines is 1. The Balaban J connectivity index is 0.000000314. The van der Waals surface area contributed by atoms with E-state index >= 15 is 0 Å². The molecule has 1 aromatic carbocycles. The van der Waals surface area contributed by atoms with Crippen molar-refractivity contribution in [1.82, 2.24) is 14.6 Å². The van der Waals surface area contributed by atoms with Crippen LogP contribution in [0, 0.1) is 19.3 Å². The maximum absolute atomic E-state index is 5.68. The van der Waals surface area contributed by atoms with Gasteiger partial charge in [-0.3, -0.25) is 0 Å². The quantitative estimate of drug-likeness (QED) is 0.751.